The molecular weight excluding hydrogens is 340 g/mol. The lowest BCUT2D eigenvalue weighted by Crippen LogP contribution is -2.06. The summed E-state index contributed by atoms with van der Waals surface area (Å²) < 4.78 is 10.6. The average Bonchev–Trinajstić information content (AvgIpc) is 2.69. The Morgan fingerprint density at radius 3 is 2.85 bits per heavy atom. The van der Waals surface area contributed by atoms with Crippen LogP contribution in [0.15, 0.2) is 42.6 Å². The van der Waals surface area contributed by atoms with Crippen LogP contribution in [0.5, 0.6) is 5.75 Å². The Bertz CT molecular complexity index is 1060. The van der Waals surface area contributed by atoms with Gasteiger partial charge in [-0.05, 0) is 24.3 Å². The Hall–Kier alpha value is -3.74. The Morgan fingerprint density at radius 1 is 1.26 bits per heavy atom. The predicted octanol–water partition coefficient (Wildman–Crippen LogP) is 3.44. The quantitative estimate of drug-likeness (QED) is 0.398. The molecule has 0 atom stereocenters. The second kappa shape index (κ2) is 8.09. The van der Waals surface area contributed by atoms with Crippen LogP contribution in [0.1, 0.15) is 11.1 Å². The van der Waals surface area contributed by atoms with E-state index < -0.39 is 0 Å². The second-order valence-electron chi connectivity index (χ2n) is 5.76. The Morgan fingerprint density at radius 2 is 2.11 bits per heavy atom. The topological polar surface area (TPSA) is 93.2 Å². The molecule has 6 heteroatoms. The molecule has 0 radical (unpaired) electrons. The summed E-state index contributed by atoms with van der Waals surface area (Å²) in [6.45, 7) is 0.836. The highest BCUT2D eigenvalue weighted by molar-refractivity contribution is 5.98. The van der Waals surface area contributed by atoms with Crippen LogP contribution >= 0.6 is 0 Å². The van der Waals surface area contributed by atoms with E-state index in [1.807, 2.05) is 24.3 Å². The molecule has 0 bridgehead atoms. The van der Waals surface area contributed by atoms with Crippen molar-refractivity contribution in [2.45, 2.75) is 0 Å². The van der Waals surface area contributed by atoms with Gasteiger partial charge in [-0.3, -0.25) is 4.98 Å². The van der Waals surface area contributed by atoms with Crippen molar-refractivity contribution in [3.63, 3.8) is 0 Å². The van der Waals surface area contributed by atoms with Crippen LogP contribution in [0, 0.1) is 23.7 Å². The van der Waals surface area contributed by atoms with Gasteiger partial charge in [0.25, 0.3) is 0 Å². The molecule has 3 aromatic rings. The minimum atomic E-state index is 0.381. The van der Waals surface area contributed by atoms with Crippen LogP contribution in [0.3, 0.4) is 0 Å². The van der Waals surface area contributed by atoms with Gasteiger partial charge in [0.1, 0.15) is 18.4 Å². The highest BCUT2D eigenvalue weighted by atomic mass is 16.5. The first-order chi connectivity index (χ1) is 13.2. The van der Waals surface area contributed by atoms with Crippen molar-refractivity contribution in [1.82, 2.24) is 4.98 Å². The maximum Gasteiger partial charge on any atom is 0.144 e. The molecule has 6 nitrogen and oxygen atoms in total. The third-order valence-corrected chi connectivity index (χ3v) is 3.96. The van der Waals surface area contributed by atoms with E-state index in [9.17, 15) is 5.26 Å². The first-order valence-electron chi connectivity index (χ1n) is 8.24. The third kappa shape index (κ3) is 3.92. The van der Waals surface area contributed by atoms with Gasteiger partial charge in [0.05, 0.1) is 29.1 Å². The van der Waals surface area contributed by atoms with Crippen molar-refractivity contribution in [3.8, 4) is 24.2 Å². The molecule has 0 aliphatic carbocycles. The standard InChI is InChI=1S/C21H18N4O2/c1-3-14-5-4-6-16(9-14)25-21-15(12-22)13-24-19-11-20(27-8-7-26-2)18(23)10-17(19)21/h1,4-6,9-11,13H,7-8,23H2,2H3,(H,24,25). The zero-order chi connectivity index (χ0) is 19.2. The van der Waals surface area contributed by atoms with Gasteiger partial charge in [0.2, 0.25) is 0 Å². The number of methoxy groups -OCH3 is 1. The molecule has 3 rings (SSSR count). The third-order valence-electron chi connectivity index (χ3n) is 3.96. The van der Waals surface area contributed by atoms with Crippen molar-refractivity contribution < 1.29 is 9.47 Å². The van der Waals surface area contributed by atoms with Gasteiger partial charge in [-0.15, -0.1) is 6.42 Å². The molecular formula is C21H18N4O2. The summed E-state index contributed by atoms with van der Waals surface area (Å²) in [7, 11) is 1.60. The van der Waals surface area contributed by atoms with Gasteiger partial charge in [-0.1, -0.05) is 12.0 Å². The summed E-state index contributed by atoms with van der Waals surface area (Å²) in [4.78, 5) is 4.36. The lowest BCUT2D eigenvalue weighted by molar-refractivity contribution is 0.147. The number of ether oxygens (including phenoxy) is 2. The summed E-state index contributed by atoms with van der Waals surface area (Å²) in [5.41, 5.74) is 9.78. The zero-order valence-corrected chi connectivity index (χ0v) is 14.8. The molecule has 0 aliphatic heterocycles. The SMILES string of the molecule is C#Cc1cccc(Nc2c(C#N)cnc3cc(OCCOC)c(N)cc23)c1. The van der Waals surface area contributed by atoms with E-state index in [1.165, 1.54) is 6.20 Å². The Kier molecular flexibility index (Phi) is 5.41. The number of nitriles is 1. The molecule has 27 heavy (non-hydrogen) atoms. The number of terminal acetylenes is 1. The normalized spacial score (nSPS) is 10.2. The van der Waals surface area contributed by atoms with Crippen molar-refractivity contribution in [2.24, 2.45) is 0 Å². The smallest absolute Gasteiger partial charge is 0.144 e. The predicted molar refractivity (Wildman–Crippen MR) is 106 cm³/mol. The summed E-state index contributed by atoms with van der Waals surface area (Å²) >= 11 is 0. The van der Waals surface area contributed by atoms with E-state index in [2.05, 4.69) is 22.3 Å². The minimum Gasteiger partial charge on any atom is -0.489 e. The summed E-state index contributed by atoms with van der Waals surface area (Å²) in [6.07, 6.45) is 6.98. The van der Waals surface area contributed by atoms with E-state index in [1.54, 1.807) is 19.2 Å². The van der Waals surface area contributed by atoms with Crippen LogP contribution < -0.4 is 15.8 Å². The van der Waals surface area contributed by atoms with Crippen LogP contribution in [0.4, 0.5) is 17.1 Å². The number of pyridine rings is 1. The van der Waals surface area contributed by atoms with E-state index in [-0.39, 0.29) is 0 Å². The van der Waals surface area contributed by atoms with Gasteiger partial charge in [-0.25, -0.2) is 0 Å². The molecule has 0 amide bonds. The maximum atomic E-state index is 9.49. The molecule has 1 heterocycles. The average molecular weight is 358 g/mol. The van der Waals surface area contributed by atoms with Crippen molar-refractivity contribution >= 4 is 28.0 Å². The highest BCUT2D eigenvalue weighted by Crippen LogP contribution is 2.34. The van der Waals surface area contributed by atoms with Crippen LogP contribution in [-0.2, 0) is 4.74 Å². The lowest BCUT2D eigenvalue weighted by Gasteiger charge is -2.14. The number of anilines is 3. The fourth-order valence-electron chi connectivity index (χ4n) is 2.65. The number of hydrogen-bond donors (Lipinski definition) is 2. The summed E-state index contributed by atoms with van der Waals surface area (Å²) in [5, 5.41) is 13.5. The van der Waals surface area contributed by atoms with Crippen molar-refractivity contribution in [2.75, 3.05) is 31.4 Å². The molecule has 0 saturated heterocycles. The molecule has 0 spiro atoms. The van der Waals surface area contributed by atoms with Crippen LogP contribution in [-0.4, -0.2) is 25.3 Å². The van der Waals surface area contributed by atoms with E-state index in [0.717, 1.165) is 16.6 Å². The molecule has 1 aromatic heterocycles. The molecule has 0 unspecified atom stereocenters. The molecule has 2 aromatic carbocycles. The number of hydrogen-bond acceptors (Lipinski definition) is 6. The molecule has 0 fully saturated rings. The van der Waals surface area contributed by atoms with Crippen molar-refractivity contribution in [3.05, 3.63) is 53.7 Å². The van der Waals surface area contributed by atoms with Gasteiger partial charge < -0.3 is 20.5 Å². The number of benzene rings is 2. The lowest BCUT2D eigenvalue weighted by atomic mass is 10.1. The van der Waals surface area contributed by atoms with Crippen LogP contribution in [0.25, 0.3) is 10.9 Å². The largest absolute Gasteiger partial charge is 0.489 e. The molecule has 134 valence electrons. The van der Waals surface area contributed by atoms with E-state index in [4.69, 9.17) is 21.6 Å². The second-order valence-corrected chi connectivity index (χ2v) is 5.76. The number of nitrogens with zero attached hydrogens (tertiary/aromatic N) is 2. The summed E-state index contributed by atoms with van der Waals surface area (Å²) in [5.74, 6) is 3.12. The Labute approximate surface area is 157 Å². The molecule has 0 aliphatic rings. The zero-order valence-electron chi connectivity index (χ0n) is 14.8. The number of nitrogen functional groups attached to an aromatic ring is 1. The monoisotopic (exact) mass is 358 g/mol. The van der Waals surface area contributed by atoms with Gasteiger partial charge in [0.15, 0.2) is 0 Å². The van der Waals surface area contributed by atoms with Gasteiger partial charge in [-0.2, -0.15) is 5.26 Å². The maximum absolute atomic E-state index is 9.49. The first kappa shape index (κ1) is 18.1. The van der Waals surface area contributed by atoms with E-state index in [0.29, 0.717) is 41.4 Å². The van der Waals surface area contributed by atoms with Crippen molar-refractivity contribution in [1.29, 1.82) is 5.26 Å². The number of rotatable bonds is 6. The highest BCUT2D eigenvalue weighted by Gasteiger charge is 2.13. The number of aromatic nitrogens is 1. The number of nitrogens with two attached hydrogens (primary N) is 1. The fourth-order valence-corrected chi connectivity index (χ4v) is 2.65. The first-order valence-corrected chi connectivity index (χ1v) is 8.24. The van der Waals surface area contributed by atoms with Gasteiger partial charge >= 0.3 is 0 Å². The Balaban J connectivity index is 2.06. The molecule has 0 saturated carbocycles. The minimum absolute atomic E-state index is 0.381. The summed E-state index contributed by atoms with van der Waals surface area (Å²) in [6, 6.07) is 13.1. The van der Waals surface area contributed by atoms with Crippen LogP contribution in [0.2, 0.25) is 0 Å². The number of nitrogens with one attached hydrogen (secondary N) is 1. The van der Waals surface area contributed by atoms with E-state index >= 15 is 0 Å². The number of fused-ring (bicyclic) bond motifs is 1. The van der Waals surface area contributed by atoms with Gasteiger partial charge in [0, 0.05) is 36.0 Å². The molecule has 3 N–H and O–H groups in total. The fraction of sp³-hybridized carbons (Fsp3) is 0.143.